The topological polar surface area (TPSA) is 114 Å². The number of aryl methyl sites for hydroxylation is 2. The number of nitrogens with one attached hydrogen (secondary N) is 2. The molecule has 0 bridgehead atoms. The van der Waals surface area contributed by atoms with Gasteiger partial charge < -0.3 is 0 Å². The molecular weight excluding hydrogens is 392 g/mol. The largest absolute Gasteiger partial charge is 0.295 e. The van der Waals surface area contributed by atoms with E-state index in [-0.39, 0.29) is 16.3 Å². The molecule has 2 N–H and O–H groups in total. The number of rotatable bonds is 6. The van der Waals surface area contributed by atoms with Crippen LogP contribution in [-0.4, -0.2) is 19.1 Å². The third kappa shape index (κ3) is 4.80. The third-order valence-electron chi connectivity index (χ3n) is 4.61. The molecule has 0 radical (unpaired) electrons. The lowest BCUT2D eigenvalue weighted by molar-refractivity contribution is -0.384. The number of benzene rings is 2. The summed E-state index contributed by atoms with van der Waals surface area (Å²) in [4.78, 5) is 10.7. The van der Waals surface area contributed by atoms with Gasteiger partial charge in [0.2, 0.25) is 0 Å². The maximum Gasteiger partial charge on any atom is 0.295 e. The summed E-state index contributed by atoms with van der Waals surface area (Å²) in [5, 5.41) is 15.7. The Morgan fingerprint density at radius 2 is 1.76 bits per heavy atom. The smallest absolute Gasteiger partial charge is 0.279 e. The first-order valence-electron chi connectivity index (χ1n) is 9.04. The number of nitrogens with zero attached hydrogens (tertiary/aromatic N) is 2. The SMILES string of the molecule is CC1=C/C(=N\Nc2ccc(S(=O)(=O)Nc3ccc(C)cc3C)cc2[N+](=O)[O-])CC1. The van der Waals surface area contributed by atoms with Gasteiger partial charge in [0.05, 0.1) is 21.2 Å². The van der Waals surface area contributed by atoms with Crippen LogP contribution in [0.5, 0.6) is 0 Å². The average Bonchev–Trinajstić information content (AvgIpc) is 3.07. The normalized spacial score (nSPS) is 15.3. The van der Waals surface area contributed by atoms with Crippen molar-refractivity contribution in [2.75, 3.05) is 10.1 Å². The van der Waals surface area contributed by atoms with Crippen molar-refractivity contribution in [2.24, 2.45) is 5.10 Å². The molecule has 0 spiro atoms. The fourth-order valence-electron chi connectivity index (χ4n) is 3.03. The van der Waals surface area contributed by atoms with Crippen LogP contribution < -0.4 is 10.1 Å². The standard InChI is InChI=1S/C20H22N4O4S/c1-13-5-8-18(15(3)10-13)23-29(27,28)17-7-9-19(20(12-17)24(25)26)22-21-16-6-4-14(2)11-16/h5,7-12,22-23H,4,6H2,1-3H3/b21-16-. The molecule has 2 aromatic carbocycles. The highest BCUT2D eigenvalue weighted by Gasteiger charge is 2.22. The van der Waals surface area contributed by atoms with Gasteiger partial charge >= 0.3 is 0 Å². The fourth-order valence-corrected chi connectivity index (χ4v) is 4.18. The van der Waals surface area contributed by atoms with E-state index in [2.05, 4.69) is 15.2 Å². The maximum absolute atomic E-state index is 12.7. The van der Waals surface area contributed by atoms with Gasteiger partial charge in [-0.1, -0.05) is 23.3 Å². The van der Waals surface area contributed by atoms with Crippen LogP contribution in [-0.2, 0) is 10.0 Å². The molecule has 0 unspecified atom stereocenters. The zero-order valence-corrected chi connectivity index (χ0v) is 17.2. The van der Waals surface area contributed by atoms with Crippen molar-refractivity contribution in [1.29, 1.82) is 0 Å². The van der Waals surface area contributed by atoms with Gasteiger partial charge in [0.1, 0.15) is 5.69 Å². The summed E-state index contributed by atoms with van der Waals surface area (Å²) in [7, 11) is -3.99. The molecule has 152 valence electrons. The Morgan fingerprint density at radius 1 is 1.03 bits per heavy atom. The predicted molar refractivity (Wildman–Crippen MR) is 114 cm³/mol. The van der Waals surface area contributed by atoms with Gasteiger partial charge in [-0.25, -0.2) is 8.42 Å². The highest BCUT2D eigenvalue weighted by atomic mass is 32.2. The van der Waals surface area contributed by atoms with Gasteiger partial charge in [-0.3, -0.25) is 20.3 Å². The molecule has 0 saturated carbocycles. The minimum atomic E-state index is -3.99. The maximum atomic E-state index is 12.7. The van der Waals surface area contributed by atoms with Crippen LogP contribution in [0.4, 0.5) is 17.1 Å². The van der Waals surface area contributed by atoms with E-state index in [1.807, 2.05) is 26.0 Å². The molecule has 0 amide bonds. The minimum Gasteiger partial charge on any atom is -0.279 e. The van der Waals surface area contributed by atoms with Crippen molar-refractivity contribution < 1.29 is 13.3 Å². The molecule has 3 rings (SSSR count). The molecule has 0 aliphatic heterocycles. The fraction of sp³-hybridized carbons (Fsp3) is 0.250. The van der Waals surface area contributed by atoms with E-state index >= 15 is 0 Å². The van der Waals surface area contributed by atoms with Crippen molar-refractivity contribution in [3.63, 3.8) is 0 Å². The molecule has 29 heavy (non-hydrogen) atoms. The molecule has 1 aliphatic rings. The Labute approximate surface area is 169 Å². The Balaban J connectivity index is 1.89. The molecule has 0 heterocycles. The Bertz CT molecular complexity index is 1140. The van der Waals surface area contributed by atoms with Crippen LogP contribution in [0.25, 0.3) is 0 Å². The summed E-state index contributed by atoms with van der Waals surface area (Å²) in [5.74, 6) is 0. The number of sulfonamides is 1. The minimum absolute atomic E-state index is 0.130. The second-order valence-electron chi connectivity index (χ2n) is 7.07. The summed E-state index contributed by atoms with van der Waals surface area (Å²) in [6, 6.07) is 9.01. The Kier molecular flexibility index (Phi) is 5.69. The van der Waals surface area contributed by atoms with E-state index in [4.69, 9.17) is 0 Å². The van der Waals surface area contributed by atoms with Gasteiger partial charge in [0.25, 0.3) is 15.7 Å². The van der Waals surface area contributed by atoms with E-state index in [0.29, 0.717) is 5.69 Å². The van der Waals surface area contributed by atoms with Crippen LogP contribution in [0.3, 0.4) is 0 Å². The lowest BCUT2D eigenvalue weighted by atomic mass is 10.1. The summed E-state index contributed by atoms with van der Waals surface area (Å²) >= 11 is 0. The molecular formula is C20H22N4O4S. The number of hydrogen-bond donors (Lipinski definition) is 2. The molecule has 1 aliphatic carbocycles. The molecule has 0 aromatic heterocycles. The van der Waals surface area contributed by atoms with E-state index in [1.54, 1.807) is 19.1 Å². The second kappa shape index (κ2) is 8.04. The molecule has 0 saturated heterocycles. The average molecular weight is 414 g/mol. The van der Waals surface area contributed by atoms with Crippen LogP contribution in [0, 0.1) is 24.0 Å². The van der Waals surface area contributed by atoms with Crippen LogP contribution in [0.1, 0.15) is 30.9 Å². The van der Waals surface area contributed by atoms with Crippen LogP contribution in [0.2, 0.25) is 0 Å². The summed E-state index contributed by atoms with van der Waals surface area (Å²) in [5.41, 5.74) is 6.64. The van der Waals surface area contributed by atoms with Crippen molar-refractivity contribution in [1.82, 2.24) is 0 Å². The molecule has 0 atom stereocenters. The first-order chi connectivity index (χ1) is 13.7. The quantitative estimate of drug-likeness (QED) is 0.533. The number of hydrogen-bond acceptors (Lipinski definition) is 6. The zero-order chi connectivity index (χ0) is 21.2. The predicted octanol–water partition coefficient (Wildman–Crippen LogP) is 4.52. The monoisotopic (exact) mass is 414 g/mol. The van der Waals surface area contributed by atoms with E-state index in [0.717, 1.165) is 35.7 Å². The molecule has 2 aromatic rings. The first kappa shape index (κ1) is 20.5. The Morgan fingerprint density at radius 3 is 2.38 bits per heavy atom. The number of nitro benzene ring substituents is 1. The highest BCUT2D eigenvalue weighted by molar-refractivity contribution is 7.92. The summed E-state index contributed by atoms with van der Waals surface area (Å²) in [6.45, 7) is 5.69. The van der Waals surface area contributed by atoms with Crippen LogP contribution in [0.15, 0.2) is 58.0 Å². The van der Waals surface area contributed by atoms with Crippen LogP contribution >= 0.6 is 0 Å². The Hall–Kier alpha value is -3.20. The number of nitro groups is 1. The van der Waals surface area contributed by atoms with E-state index < -0.39 is 14.9 Å². The number of allylic oxidation sites excluding steroid dienone is 2. The second-order valence-corrected chi connectivity index (χ2v) is 8.75. The van der Waals surface area contributed by atoms with Gasteiger partial charge in [0, 0.05) is 6.07 Å². The van der Waals surface area contributed by atoms with E-state index in [9.17, 15) is 18.5 Å². The molecule has 0 fully saturated rings. The number of anilines is 2. The molecule has 9 heteroatoms. The van der Waals surface area contributed by atoms with Crippen molar-refractivity contribution >= 4 is 32.8 Å². The lowest BCUT2D eigenvalue weighted by Crippen LogP contribution is -2.14. The zero-order valence-electron chi connectivity index (χ0n) is 16.4. The highest BCUT2D eigenvalue weighted by Crippen LogP contribution is 2.29. The first-order valence-corrected chi connectivity index (χ1v) is 10.5. The van der Waals surface area contributed by atoms with Gasteiger partial charge in [0.15, 0.2) is 0 Å². The van der Waals surface area contributed by atoms with Crippen molar-refractivity contribution in [2.45, 2.75) is 38.5 Å². The summed E-state index contributed by atoms with van der Waals surface area (Å²) < 4.78 is 28.0. The number of hydrazone groups is 1. The van der Waals surface area contributed by atoms with Gasteiger partial charge in [-0.05, 0) is 63.5 Å². The van der Waals surface area contributed by atoms with E-state index in [1.165, 1.54) is 17.7 Å². The van der Waals surface area contributed by atoms with Gasteiger partial charge in [-0.15, -0.1) is 0 Å². The summed E-state index contributed by atoms with van der Waals surface area (Å²) in [6.07, 6.45) is 3.59. The third-order valence-corrected chi connectivity index (χ3v) is 5.97. The van der Waals surface area contributed by atoms with Gasteiger partial charge in [-0.2, -0.15) is 5.10 Å². The lowest BCUT2D eigenvalue weighted by Gasteiger charge is -2.12. The van der Waals surface area contributed by atoms with Crippen molar-refractivity contribution in [3.8, 4) is 0 Å². The van der Waals surface area contributed by atoms with Crippen molar-refractivity contribution in [3.05, 3.63) is 69.3 Å². The molecule has 8 nitrogen and oxygen atoms in total.